The summed E-state index contributed by atoms with van der Waals surface area (Å²) in [7, 11) is 0. The van der Waals surface area contributed by atoms with E-state index in [-0.39, 0.29) is 24.4 Å². The van der Waals surface area contributed by atoms with Crippen LogP contribution < -0.4 is 10.6 Å². The molecule has 1 aromatic carbocycles. The Morgan fingerprint density at radius 1 is 1.37 bits per heavy atom. The van der Waals surface area contributed by atoms with Crippen molar-refractivity contribution in [2.45, 2.75) is 13.0 Å². The third-order valence-corrected chi connectivity index (χ3v) is 3.26. The van der Waals surface area contributed by atoms with Crippen LogP contribution in [-0.4, -0.2) is 48.9 Å². The Morgan fingerprint density at radius 3 is 2.79 bits per heavy atom. The van der Waals surface area contributed by atoms with E-state index in [1.807, 2.05) is 17.9 Å². The first-order chi connectivity index (χ1) is 9.18. The van der Waals surface area contributed by atoms with Crippen molar-refractivity contribution in [1.29, 1.82) is 0 Å². The molecule has 1 heterocycles. The highest BCUT2D eigenvalue weighted by Gasteiger charge is 2.22. The second-order valence-corrected chi connectivity index (χ2v) is 4.69. The summed E-state index contributed by atoms with van der Waals surface area (Å²) in [6.07, 6.45) is 0. The smallest absolute Gasteiger partial charge is 0.251 e. The number of carbonyl (C=O) groups is 2. The van der Waals surface area contributed by atoms with E-state index in [1.54, 1.807) is 24.3 Å². The van der Waals surface area contributed by atoms with E-state index in [4.69, 9.17) is 0 Å². The lowest BCUT2D eigenvalue weighted by Gasteiger charge is -2.34. The number of rotatable bonds is 3. The van der Waals surface area contributed by atoms with Crippen LogP contribution in [0.25, 0.3) is 0 Å². The van der Waals surface area contributed by atoms with Crippen molar-refractivity contribution in [2.75, 3.05) is 26.2 Å². The lowest BCUT2D eigenvalue weighted by atomic mass is 10.2. The summed E-state index contributed by atoms with van der Waals surface area (Å²) < 4.78 is 0. The highest BCUT2D eigenvalue weighted by Crippen LogP contribution is 2.03. The quantitative estimate of drug-likeness (QED) is 0.819. The van der Waals surface area contributed by atoms with E-state index in [0.29, 0.717) is 12.1 Å². The molecule has 1 unspecified atom stereocenters. The number of hydrogen-bond acceptors (Lipinski definition) is 3. The molecule has 2 N–H and O–H groups in total. The number of carbonyl (C=O) groups excluding carboxylic acids is 2. The molecule has 2 amide bonds. The Hall–Kier alpha value is -1.88. The van der Waals surface area contributed by atoms with E-state index < -0.39 is 0 Å². The zero-order valence-corrected chi connectivity index (χ0v) is 11.1. The zero-order chi connectivity index (χ0) is 13.7. The minimum atomic E-state index is -0.211. The van der Waals surface area contributed by atoms with Crippen LogP contribution in [0.2, 0.25) is 0 Å². The molecule has 1 fully saturated rings. The molecule has 1 aliphatic rings. The van der Waals surface area contributed by atoms with E-state index in [9.17, 15) is 9.59 Å². The van der Waals surface area contributed by atoms with Gasteiger partial charge in [0, 0.05) is 31.2 Å². The molecule has 0 aromatic heterocycles. The van der Waals surface area contributed by atoms with Gasteiger partial charge in [-0.25, -0.2) is 0 Å². The summed E-state index contributed by atoms with van der Waals surface area (Å²) in [5, 5.41) is 5.89. The van der Waals surface area contributed by atoms with E-state index >= 15 is 0 Å². The van der Waals surface area contributed by atoms with Gasteiger partial charge in [-0.05, 0) is 19.1 Å². The minimum absolute atomic E-state index is 0.0294. The molecule has 2 rings (SSSR count). The molecule has 19 heavy (non-hydrogen) atoms. The fraction of sp³-hybridized carbons (Fsp3) is 0.429. The lowest BCUT2D eigenvalue weighted by molar-refractivity contribution is -0.132. The highest BCUT2D eigenvalue weighted by molar-refractivity contribution is 5.96. The average molecular weight is 261 g/mol. The summed E-state index contributed by atoms with van der Waals surface area (Å²) >= 11 is 0. The molecular weight excluding hydrogens is 242 g/mol. The number of piperazine rings is 1. The topological polar surface area (TPSA) is 61.4 Å². The molecule has 5 nitrogen and oxygen atoms in total. The molecule has 1 aliphatic heterocycles. The van der Waals surface area contributed by atoms with Crippen LogP contribution in [0.1, 0.15) is 17.3 Å². The Morgan fingerprint density at radius 2 is 2.11 bits per heavy atom. The highest BCUT2D eigenvalue weighted by atomic mass is 16.2. The van der Waals surface area contributed by atoms with Crippen LogP contribution in [-0.2, 0) is 4.79 Å². The van der Waals surface area contributed by atoms with Crippen LogP contribution in [0.15, 0.2) is 30.3 Å². The van der Waals surface area contributed by atoms with Gasteiger partial charge in [0.15, 0.2) is 0 Å². The van der Waals surface area contributed by atoms with Crippen molar-refractivity contribution in [1.82, 2.24) is 15.5 Å². The molecule has 0 radical (unpaired) electrons. The summed E-state index contributed by atoms with van der Waals surface area (Å²) in [5.74, 6) is -0.241. The molecule has 1 aromatic rings. The molecule has 0 spiro atoms. The van der Waals surface area contributed by atoms with Gasteiger partial charge in [0.2, 0.25) is 5.91 Å². The van der Waals surface area contributed by atoms with Crippen LogP contribution >= 0.6 is 0 Å². The van der Waals surface area contributed by atoms with Crippen molar-refractivity contribution in [3.63, 3.8) is 0 Å². The molecule has 0 bridgehead atoms. The Labute approximate surface area is 113 Å². The predicted octanol–water partition coefficient (Wildman–Crippen LogP) is 0.237. The third kappa shape index (κ3) is 3.54. The first kappa shape index (κ1) is 13.5. The molecular formula is C14H19N3O2. The number of amides is 2. The maximum absolute atomic E-state index is 12.0. The average Bonchev–Trinajstić information content (AvgIpc) is 2.46. The van der Waals surface area contributed by atoms with Gasteiger partial charge in [0.25, 0.3) is 5.91 Å². The maximum Gasteiger partial charge on any atom is 0.251 e. The van der Waals surface area contributed by atoms with Gasteiger partial charge in [0.1, 0.15) is 0 Å². The fourth-order valence-electron chi connectivity index (χ4n) is 2.16. The SMILES string of the molecule is CC1CNCCN1C(=O)CNC(=O)c1ccccc1. The predicted molar refractivity (Wildman–Crippen MR) is 72.8 cm³/mol. The van der Waals surface area contributed by atoms with Crippen LogP contribution in [0, 0.1) is 0 Å². The maximum atomic E-state index is 12.0. The molecule has 0 aliphatic carbocycles. The summed E-state index contributed by atoms with van der Waals surface area (Å²) in [4.78, 5) is 25.7. The second kappa shape index (κ2) is 6.33. The minimum Gasteiger partial charge on any atom is -0.343 e. The molecule has 5 heteroatoms. The number of benzene rings is 1. The first-order valence-corrected chi connectivity index (χ1v) is 6.52. The summed E-state index contributed by atoms with van der Waals surface area (Å²) in [6.45, 7) is 4.36. The molecule has 1 atom stereocenters. The third-order valence-electron chi connectivity index (χ3n) is 3.26. The van der Waals surface area contributed by atoms with Crippen molar-refractivity contribution < 1.29 is 9.59 Å². The van der Waals surface area contributed by atoms with Gasteiger partial charge in [-0.15, -0.1) is 0 Å². The monoisotopic (exact) mass is 261 g/mol. The Balaban J connectivity index is 1.85. The summed E-state index contributed by atoms with van der Waals surface area (Å²) in [5.41, 5.74) is 0.573. The Kier molecular flexibility index (Phi) is 4.52. The number of nitrogens with zero attached hydrogens (tertiary/aromatic N) is 1. The van der Waals surface area contributed by atoms with E-state index in [2.05, 4.69) is 10.6 Å². The Bertz CT molecular complexity index is 447. The molecule has 102 valence electrons. The summed E-state index contributed by atoms with van der Waals surface area (Å²) in [6, 6.07) is 9.09. The van der Waals surface area contributed by atoms with Gasteiger partial charge in [0.05, 0.1) is 6.54 Å². The standard InChI is InChI=1S/C14H19N3O2/c1-11-9-15-7-8-17(11)13(18)10-16-14(19)12-5-3-2-4-6-12/h2-6,11,15H,7-10H2,1H3,(H,16,19). The van der Waals surface area contributed by atoms with Crippen molar-refractivity contribution in [2.24, 2.45) is 0 Å². The zero-order valence-electron chi connectivity index (χ0n) is 11.1. The molecule has 0 saturated carbocycles. The van der Waals surface area contributed by atoms with Crippen LogP contribution in [0.3, 0.4) is 0 Å². The van der Waals surface area contributed by atoms with Crippen LogP contribution in [0.5, 0.6) is 0 Å². The fourth-order valence-corrected chi connectivity index (χ4v) is 2.16. The van der Waals surface area contributed by atoms with Crippen molar-refractivity contribution in [3.8, 4) is 0 Å². The molecule has 1 saturated heterocycles. The van der Waals surface area contributed by atoms with Gasteiger partial charge in [-0.3, -0.25) is 9.59 Å². The number of nitrogens with one attached hydrogen (secondary N) is 2. The first-order valence-electron chi connectivity index (χ1n) is 6.52. The van der Waals surface area contributed by atoms with E-state index in [0.717, 1.165) is 13.1 Å². The van der Waals surface area contributed by atoms with Crippen LogP contribution in [0.4, 0.5) is 0 Å². The van der Waals surface area contributed by atoms with Gasteiger partial charge in [-0.2, -0.15) is 0 Å². The van der Waals surface area contributed by atoms with Gasteiger partial charge >= 0.3 is 0 Å². The van der Waals surface area contributed by atoms with E-state index in [1.165, 1.54) is 0 Å². The van der Waals surface area contributed by atoms with Crippen molar-refractivity contribution in [3.05, 3.63) is 35.9 Å². The van der Waals surface area contributed by atoms with Crippen molar-refractivity contribution >= 4 is 11.8 Å². The normalized spacial score (nSPS) is 19.0. The lowest BCUT2D eigenvalue weighted by Crippen LogP contribution is -2.54. The van der Waals surface area contributed by atoms with Gasteiger partial charge in [-0.1, -0.05) is 18.2 Å². The van der Waals surface area contributed by atoms with Gasteiger partial charge < -0.3 is 15.5 Å². The second-order valence-electron chi connectivity index (χ2n) is 4.69. The number of hydrogen-bond donors (Lipinski definition) is 2. The largest absolute Gasteiger partial charge is 0.343 e.